The van der Waals surface area contributed by atoms with Crippen molar-refractivity contribution in [1.29, 1.82) is 0 Å². The summed E-state index contributed by atoms with van der Waals surface area (Å²) in [6, 6.07) is 0. The van der Waals surface area contributed by atoms with Crippen LogP contribution in [0.1, 0.15) is 48.5 Å². The summed E-state index contributed by atoms with van der Waals surface area (Å²) >= 11 is 0. The van der Waals surface area contributed by atoms with Crippen LogP contribution in [0.3, 0.4) is 0 Å². The Morgan fingerprint density at radius 2 is 1.50 bits per heavy atom. The fraction of sp³-hybridized carbons (Fsp3) is 0.846. The lowest BCUT2D eigenvalue weighted by Gasteiger charge is -2.26. The summed E-state index contributed by atoms with van der Waals surface area (Å²) in [5, 5.41) is 0. The molecule has 5 nitrogen and oxygen atoms in total. The molecule has 0 heterocycles. The van der Waals surface area contributed by atoms with E-state index in [-0.39, 0.29) is 5.92 Å². The fourth-order valence-corrected chi connectivity index (χ4v) is 0.937. The molecule has 0 atom stereocenters. The number of hydrogen-bond donors (Lipinski definition) is 0. The highest BCUT2D eigenvalue weighted by Gasteiger charge is 2.35. The van der Waals surface area contributed by atoms with Crippen LogP contribution in [0, 0.1) is 5.92 Å². The van der Waals surface area contributed by atoms with Gasteiger partial charge in [0.15, 0.2) is 0 Å². The molecule has 0 aromatic carbocycles. The average molecular weight is 260 g/mol. The highest BCUT2D eigenvalue weighted by Crippen LogP contribution is 2.16. The largest absolute Gasteiger partial charge is 0.509 e. The molecule has 0 aromatic rings. The van der Waals surface area contributed by atoms with Crippen LogP contribution in [0.5, 0.6) is 0 Å². The Balaban J connectivity index is 4.37. The van der Waals surface area contributed by atoms with Gasteiger partial charge in [0.1, 0.15) is 5.60 Å². The summed E-state index contributed by atoms with van der Waals surface area (Å²) in [6.45, 7) is 12.2. The molecule has 0 saturated heterocycles. The van der Waals surface area contributed by atoms with Crippen LogP contribution >= 0.6 is 0 Å². The third kappa shape index (κ3) is 7.14. The second kappa shape index (κ2) is 6.07. The molecule has 0 radical (unpaired) electrons. The highest BCUT2D eigenvalue weighted by atomic mass is 16.7. The zero-order chi connectivity index (χ0) is 14.6. The van der Waals surface area contributed by atoms with Gasteiger partial charge >= 0.3 is 12.1 Å². The summed E-state index contributed by atoms with van der Waals surface area (Å²) in [7, 11) is 0. The quantitative estimate of drug-likeness (QED) is 0.727. The number of carbonyl (C=O) groups excluding carboxylic acids is 2. The molecule has 0 unspecified atom stereocenters. The van der Waals surface area contributed by atoms with Gasteiger partial charge in [-0.1, -0.05) is 13.8 Å². The summed E-state index contributed by atoms with van der Waals surface area (Å²) in [5.74, 6) is -0.353. The van der Waals surface area contributed by atoms with Crippen molar-refractivity contribution >= 4 is 12.1 Å². The van der Waals surface area contributed by atoms with Crippen molar-refractivity contribution in [2.24, 2.45) is 5.92 Å². The molecule has 0 rings (SSSR count). The molecule has 0 aliphatic heterocycles. The van der Waals surface area contributed by atoms with E-state index in [0.29, 0.717) is 6.61 Å². The van der Waals surface area contributed by atoms with Gasteiger partial charge < -0.3 is 14.2 Å². The molecular formula is C13H24O5. The van der Waals surface area contributed by atoms with Gasteiger partial charge in [-0.15, -0.1) is 0 Å². The topological polar surface area (TPSA) is 61.8 Å². The van der Waals surface area contributed by atoms with E-state index in [4.69, 9.17) is 14.2 Å². The highest BCUT2D eigenvalue weighted by molar-refractivity contribution is 5.81. The van der Waals surface area contributed by atoms with Gasteiger partial charge in [0.25, 0.3) is 0 Å². The van der Waals surface area contributed by atoms with Gasteiger partial charge in [0, 0.05) is 0 Å². The number of hydrogen-bond acceptors (Lipinski definition) is 5. The first-order chi connectivity index (χ1) is 7.94. The molecule has 0 N–H and O–H groups in total. The van der Waals surface area contributed by atoms with E-state index < -0.39 is 23.3 Å². The van der Waals surface area contributed by atoms with Gasteiger partial charge in [-0.05, 0) is 40.5 Å². The van der Waals surface area contributed by atoms with E-state index in [1.165, 1.54) is 13.8 Å². The third-order valence-electron chi connectivity index (χ3n) is 1.77. The van der Waals surface area contributed by atoms with Crippen molar-refractivity contribution in [2.75, 3.05) is 6.61 Å². The summed E-state index contributed by atoms with van der Waals surface area (Å²) in [5.41, 5.74) is -2.01. The first kappa shape index (κ1) is 16.7. The van der Waals surface area contributed by atoms with Gasteiger partial charge in [0.2, 0.25) is 5.60 Å². The van der Waals surface area contributed by atoms with Crippen molar-refractivity contribution in [3.63, 3.8) is 0 Å². The molecule has 0 aliphatic carbocycles. The van der Waals surface area contributed by atoms with Crippen molar-refractivity contribution in [1.82, 2.24) is 0 Å². The number of rotatable bonds is 4. The smallest absolute Gasteiger partial charge is 0.462 e. The van der Waals surface area contributed by atoms with E-state index in [1.807, 2.05) is 13.8 Å². The van der Waals surface area contributed by atoms with Crippen LogP contribution in [0.4, 0.5) is 4.79 Å². The van der Waals surface area contributed by atoms with E-state index in [1.54, 1.807) is 20.8 Å². The van der Waals surface area contributed by atoms with Crippen molar-refractivity contribution in [3.05, 3.63) is 0 Å². The zero-order valence-electron chi connectivity index (χ0n) is 12.3. The van der Waals surface area contributed by atoms with Crippen molar-refractivity contribution in [2.45, 2.75) is 59.7 Å². The SMILES string of the molecule is CC(C)COC(=O)C(C)(C)OC(=O)OC(C)(C)C. The van der Waals surface area contributed by atoms with Crippen LogP contribution in [-0.2, 0) is 19.0 Å². The zero-order valence-corrected chi connectivity index (χ0v) is 12.3. The molecule has 18 heavy (non-hydrogen) atoms. The second-order valence-corrected chi connectivity index (χ2v) is 6.07. The van der Waals surface area contributed by atoms with Gasteiger partial charge in [-0.2, -0.15) is 0 Å². The predicted molar refractivity (Wildman–Crippen MR) is 67.2 cm³/mol. The lowest BCUT2D eigenvalue weighted by molar-refractivity contribution is -0.166. The Morgan fingerprint density at radius 3 is 1.89 bits per heavy atom. The number of esters is 1. The number of ether oxygens (including phenoxy) is 3. The molecule has 0 aromatic heterocycles. The van der Waals surface area contributed by atoms with Crippen molar-refractivity contribution < 1.29 is 23.8 Å². The Bertz CT molecular complexity index is 299. The maximum atomic E-state index is 11.7. The predicted octanol–water partition coefficient (Wildman–Crippen LogP) is 2.92. The van der Waals surface area contributed by atoms with Crippen LogP contribution in [0.15, 0.2) is 0 Å². The summed E-state index contributed by atoms with van der Waals surface area (Å²) < 4.78 is 15.0. The molecule has 0 bridgehead atoms. The Morgan fingerprint density at radius 1 is 1.00 bits per heavy atom. The summed E-state index contributed by atoms with van der Waals surface area (Å²) in [6.07, 6.45) is -0.881. The monoisotopic (exact) mass is 260 g/mol. The minimum absolute atomic E-state index is 0.228. The molecule has 0 fully saturated rings. The Labute approximate surface area is 109 Å². The molecule has 0 spiro atoms. The molecule has 0 aliphatic rings. The van der Waals surface area contributed by atoms with E-state index in [2.05, 4.69) is 0 Å². The summed E-state index contributed by atoms with van der Waals surface area (Å²) in [4.78, 5) is 23.2. The van der Waals surface area contributed by atoms with Crippen LogP contribution < -0.4 is 0 Å². The minimum Gasteiger partial charge on any atom is -0.462 e. The second-order valence-electron chi connectivity index (χ2n) is 6.07. The molecule has 0 saturated carbocycles. The lowest BCUT2D eigenvalue weighted by Crippen LogP contribution is -2.40. The lowest BCUT2D eigenvalue weighted by atomic mass is 10.1. The fourth-order valence-electron chi connectivity index (χ4n) is 0.937. The normalized spacial score (nSPS) is 12.2. The van der Waals surface area contributed by atoms with Crippen LogP contribution in [-0.4, -0.2) is 29.9 Å². The minimum atomic E-state index is -1.35. The first-order valence-electron chi connectivity index (χ1n) is 6.03. The van der Waals surface area contributed by atoms with Crippen LogP contribution in [0.25, 0.3) is 0 Å². The van der Waals surface area contributed by atoms with E-state index in [9.17, 15) is 9.59 Å². The molecule has 5 heteroatoms. The van der Waals surface area contributed by atoms with Gasteiger partial charge in [-0.3, -0.25) is 0 Å². The molecule has 0 amide bonds. The Hall–Kier alpha value is -1.26. The third-order valence-corrected chi connectivity index (χ3v) is 1.77. The molecule has 106 valence electrons. The standard InChI is InChI=1S/C13H24O5/c1-9(2)8-16-10(14)13(6,7)18-11(15)17-12(3,4)5/h9H,8H2,1-7H3. The maximum absolute atomic E-state index is 11.7. The number of carbonyl (C=O) groups is 2. The van der Waals surface area contributed by atoms with E-state index >= 15 is 0 Å². The van der Waals surface area contributed by atoms with Gasteiger partial charge in [-0.25, -0.2) is 9.59 Å². The average Bonchev–Trinajstić information content (AvgIpc) is 2.09. The van der Waals surface area contributed by atoms with Gasteiger partial charge in [0.05, 0.1) is 6.61 Å². The molecular weight excluding hydrogens is 236 g/mol. The van der Waals surface area contributed by atoms with Crippen molar-refractivity contribution in [3.8, 4) is 0 Å². The van der Waals surface area contributed by atoms with Crippen LogP contribution in [0.2, 0.25) is 0 Å². The maximum Gasteiger partial charge on any atom is 0.509 e. The Kier molecular flexibility index (Phi) is 5.64. The van der Waals surface area contributed by atoms with E-state index in [0.717, 1.165) is 0 Å². The first-order valence-corrected chi connectivity index (χ1v) is 6.03.